The van der Waals surface area contributed by atoms with E-state index >= 15 is 0 Å². The average molecular weight is 258 g/mol. The normalized spacial score (nSPS) is 12.2. The van der Waals surface area contributed by atoms with Crippen LogP contribution in [0.25, 0.3) is 0 Å². The largest absolute Gasteiger partial charge is 0.366 e. The Bertz CT molecular complexity index is 554. The molecule has 2 rings (SSSR count). The highest BCUT2D eigenvalue weighted by atomic mass is 19.1. The molecular formula is C16H19FN2. The first-order valence-electron chi connectivity index (χ1n) is 6.37. The van der Waals surface area contributed by atoms with Crippen molar-refractivity contribution in [2.75, 3.05) is 18.5 Å². The van der Waals surface area contributed by atoms with E-state index in [4.69, 9.17) is 5.73 Å². The fraction of sp³-hybridized carbons (Fsp3) is 0.250. The summed E-state index contributed by atoms with van der Waals surface area (Å²) in [6.07, 6.45) is 0. The van der Waals surface area contributed by atoms with Gasteiger partial charge in [-0.15, -0.1) is 0 Å². The molecule has 0 amide bonds. The lowest BCUT2D eigenvalue weighted by Gasteiger charge is -2.29. The van der Waals surface area contributed by atoms with Crippen LogP contribution in [0.1, 0.15) is 17.2 Å². The van der Waals surface area contributed by atoms with Crippen LogP contribution in [-0.2, 0) is 0 Å². The lowest BCUT2D eigenvalue weighted by molar-refractivity contribution is 0.623. The van der Waals surface area contributed by atoms with E-state index in [2.05, 4.69) is 25.1 Å². The Morgan fingerprint density at radius 3 is 2.53 bits per heavy atom. The van der Waals surface area contributed by atoms with Gasteiger partial charge in [0.2, 0.25) is 0 Å². The molecule has 100 valence electrons. The predicted octanol–water partition coefficient (Wildman–Crippen LogP) is 3.27. The number of benzene rings is 2. The van der Waals surface area contributed by atoms with Crippen LogP contribution in [0, 0.1) is 12.7 Å². The fourth-order valence-electron chi connectivity index (χ4n) is 2.27. The van der Waals surface area contributed by atoms with E-state index < -0.39 is 0 Å². The summed E-state index contributed by atoms with van der Waals surface area (Å²) in [5.74, 6) is -0.232. The van der Waals surface area contributed by atoms with Gasteiger partial charge in [0, 0.05) is 19.3 Å². The minimum absolute atomic E-state index is 0.0432. The van der Waals surface area contributed by atoms with Gasteiger partial charge >= 0.3 is 0 Å². The molecule has 0 heterocycles. The quantitative estimate of drug-likeness (QED) is 0.912. The minimum Gasteiger partial charge on any atom is -0.366 e. The van der Waals surface area contributed by atoms with E-state index in [1.165, 1.54) is 17.7 Å². The van der Waals surface area contributed by atoms with Gasteiger partial charge in [-0.25, -0.2) is 4.39 Å². The third-order valence-electron chi connectivity index (χ3n) is 3.33. The van der Waals surface area contributed by atoms with Crippen molar-refractivity contribution in [2.24, 2.45) is 5.73 Å². The first-order chi connectivity index (χ1) is 9.11. The molecule has 0 saturated carbocycles. The van der Waals surface area contributed by atoms with Crippen molar-refractivity contribution >= 4 is 5.69 Å². The second-order valence-corrected chi connectivity index (χ2v) is 4.76. The van der Waals surface area contributed by atoms with E-state index in [0.717, 1.165) is 11.3 Å². The number of anilines is 1. The van der Waals surface area contributed by atoms with E-state index in [1.807, 2.05) is 24.1 Å². The highest BCUT2D eigenvalue weighted by Gasteiger charge is 2.16. The van der Waals surface area contributed by atoms with Crippen molar-refractivity contribution in [1.82, 2.24) is 0 Å². The number of nitrogens with zero attached hydrogens (tertiary/aromatic N) is 1. The van der Waals surface area contributed by atoms with Crippen LogP contribution in [0.2, 0.25) is 0 Å². The summed E-state index contributed by atoms with van der Waals surface area (Å²) in [4.78, 5) is 2.01. The highest BCUT2D eigenvalue weighted by Crippen LogP contribution is 2.25. The molecule has 0 aromatic heterocycles. The third-order valence-corrected chi connectivity index (χ3v) is 3.33. The summed E-state index contributed by atoms with van der Waals surface area (Å²) in [5, 5.41) is 0. The Morgan fingerprint density at radius 1 is 1.16 bits per heavy atom. The predicted molar refractivity (Wildman–Crippen MR) is 77.8 cm³/mol. The summed E-state index contributed by atoms with van der Waals surface area (Å²) in [6, 6.07) is 14.9. The maximum atomic E-state index is 13.3. The van der Waals surface area contributed by atoms with Gasteiger partial charge in [0.25, 0.3) is 0 Å². The van der Waals surface area contributed by atoms with Crippen LogP contribution in [-0.4, -0.2) is 13.6 Å². The molecule has 2 nitrogen and oxygen atoms in total. The van der Waals surface area contributed by atoms with Crippen molar-refractivity contribution < 1.29 is 4.39 Å². The summed E-state index contributed by atoms with van der Waals surface area (Å²) in [7, 11) is 1.94. The molecule has 1 atom stereocenters. The van der Waals surface area contributed by atoms with Gasteiger partial charge in [0.1, 0.15) is 5.82 Å². The molecule has 0 aliphatic rings. The monoisotopic (exact) mass is 258 g/mol. The van der Waals surface area contributed by atoms with Crippen LogP contribution in [0.3, 0.4) is 0 Å². The van der Waals surface area contributed by atoms with Crippen molar-refractivity contribution in [3.8, 4) is 0 Å². The smallest absolute Gasteiger partial charge is 0.125 e. The lowest BCUT2D eigenvalue weighted by atomic mass is 10.0. The van der Waals surface area contributed by atoms with Gasteiger partial charge in [-0.1, -0.05) is 35.9 Å². The van der Waals surface area contributed by atoms with Crippen molar-refractivity contribution in [2.45, 2.75) is 13.0 Å². The van der Waals surface area contributed by atoms with Crippen LogP contribution in [0.4, 0.5) is 10.1 Å². The molecule has 3 heteroatoms. The Morgan fingerprint density at radius 2 is 1.89 bits per heavy atom. The van der Waals surface area contributed by atoms with E-state index in [0.29, 0.717) is 6.54 Å². The van der Waals surface area contributed by atoms with Gasteiger partial charge in [0.15, 0.2) is 0 Å². The Hall–Kier alpha value is -1.87. The number of hydrogen-bond acceptors (Lipinski definition) is 2. The second kappa shape index (κ2) is 5.85. The summed E-state index contributed by atoms with van der Waals surface area (Å²) in [5.41, 5.74) is 9.07. The maximum Gasteiger partial charge on any atom is 0.125 e. The standard InChI is InChI=1S/C16H19FN2/c1-12-5-3-6-13(9-12)16(11-18)19(2)15-8-4-7-14(17)10-15/h3-10,16H,11,18H2,1-2H3. The molecule has 2 aromatic carbocycles. The van der Waals surface area contributed by atoms with Gasteiger partial charge < -0.3 is 10.6 Å². The number of aryl methyl sites for hydroxylation is 1. The van der Waals surface area contributed by atoms with Gasteiger partial charge in [0.05, 0.1) is 6.04 Å². The van der Waals surface area contributed by atoms with E-state index in [-0.39, 0.29) is 11.9 Å². The fourth-order valence-corrected chi connectivity index (χ4v) is 2.27. The van der Waals surface area contributed by atoms with E-state index in [9.17, 15) is 4.39 Å². The van der Waals surface area contributed by atoms with Gasteiger partial charge in [-0.2, -0.15) is 0 Å². The number of halogens is 1. The maximum absolute atomic E-state index is 13.3. The molecule has 2 N–H and O–H groups in total. The van der Waals surface area contributed by atoms with Crippen LogP contribution in [0.5, 0.6) is 0 Å². The summed E-state index contributed by atoms with van der Waals surface area (Å²) >= 11 is 0. The Balaban J connectivity index is 2.31. The van der Waals surface area contributed by atoms with Crippen molar-refractivity contribution in [1.29, 1.82) is 0 Å². The number of likely N-dealkylation sites (N-methyl/N-ethyl adjacent to an activating group) is 1. The Labute approximate surface area is 113 Å². The zero-order valence-corrected chi connectivity index (χ0v) is 11.3. The average Bonchev–Trinajstić information content (AvgIpc) is 2.39. The molecule has 1 unspecified atom stereocenters. The van der Waals surface area contributed by atoms with E-state index in [1.54, 1.807) is 6.07 Å². The minimum atomic E-state index is -0.232. The molecule has 0 fully saturated rings. The second-order valence-electron chi connectivity index (χ2n) is 4.76. The van der Waals surface area contributed by atoms with Gasteiger partial charge in [-0.3, -0.25) is 0 Å². The third kappa shape index (κ3) is 3.12. The molecule has 0 saturated heterocycles. The molecule has 19 heavy (non-hydrogen) atoms. The highest BCUT2D eigenvalue weighted by molar-refractivity contribution is 5.48. The van der Waals surface area contributed by atoms with Crippen LogP contribution in [0.15, 0.2) is 48.5 Å². The zero-order chi connectivity index (χ0) is 13.8. The topological polar surface area (TPSA) is 29.3 Å². The molecular weight excluding hydrogens is 239 g/mol. The number of nitrogens with two attached hydrogens (primary N) is 1. The lowest BCUT2D eigenvalue weighted by Crippen LogP contribution is -2.30. The molecule has 0 bridgehead atoms. The molecule has 0 aliphatic heterocycles. The first kappa shape index (κ1) is 13.6. The Kier molecular flexibility index (Phi) is 4.17. The summed E-state index contributed by atoms with van der Waals surface area (Å²) < 4.78 is 13.3. The molecule has 0 aliphatic carbocycles. The first-order valence-corrected chi connectivity index (χ1v) is 6.37. The number of hydrogen-bond donors (Lipinski definition) is 1. The zero-order valence-electron chi connectivity index (χ0n) is 11.3. The van der Waals surface area contributed by atoms with Crippen LogP contribution < -0.4 is 10.6 Å². The molecule has 0 spiro atoms. The van der Waals surface area contributed by atoms with Gasteiger partial charge in [-0.05, 0) is 30.7 Å². The molecule has 2 aromatic rings. The SMILES string of the molecule is Cc1cccc(C(CN)N(C)c2cccc(F)c2)c1. The van der Waals surface area contributed by atoms with Crippen molar-refractivity contribution in [3.63, 3.8) is 0 Å². The number of rotatable bonds is 4. The molecule has 0 radical (unpaired) electrons. The summed E-state index contributed by atoms with van der Waals surface area (Å²) in [6.45, 7) is 2.54. The van der Waals surface area contributed by atoms with Crippen molar-refractivity contribution in [3.05, 3.63) is 65.5 Å². The van der Waals surface area contributed by atoms with Crippen LogP contribution >= 0.6 is 0 Å².